The lowest BCUT2D eigenvalue weighted by Crippen LogP contribution is -2.45. The number of hydrogen-bond donors (Lipinski definition) is 0. The van der Waals surface area contributed by atoms with Crippen LogP contribution in [0.4, 0.5) is 0 Å². The Hall–Kier alpha value is -2.93. The molecule has 0 spiro atoms. The minimum Gasteiger partial charge on any atom is -0.472 e. The number of aromatic nitrogens is 3. The number of hydrogen-bond acceptors (Lipinski definition) is 5. The number of piperidine rings is 1. The number of amides is 1. The first-order valence-corrected chi connectivity index (χ1v) is 13.1. The Morgan fingerprint density at radius 2 is 1.74 bits per heavy atom. The number of benzene rings is 1. The number of rotatable bonds is 4. The number of imidazole rings is 1. The van der Waals surface area contributed by atoms with Crippen LogP contribution in [0.5, 0.6) is 5.88 Å². The average Bonchev–Trinajstić information content (AvgIpc) is 3.44. The summed E-state index contributed by atoms with van der Waals surface area (Å²) >= 11 is 0. The van der Waals surface area contributed by atoms with Crippen molar-refractivity contribution in [3.05, 3.63) is 54.5 Å². The number of carbonyl (C=O) groups excluding carboxylic acids is 1. The minimum absolute atomic E-state index is 0.0574. The molecule has 35 heavy (non-hydrogen) atoms. The second-order valence-corrected chi connectivity index (χ2v) is 10.6. The van der Waals surface area contributed by atoms with Crippen molar-refractivity contribution < 1.29 is 9.53 Å². The molecule has 7 heteroatoms. The van der Waals surface area contributed by atoms with Gasteiger partial charge in [0.2, 0.25) is 11.8 Å². The van der Waals surface area contributed by atoms with Crippen molar-refractivity contribution in [1.82, 2.24) is 24.3 Å². The van der Waals surface area contributed by atoms with Crippen molar-refractivity contribution in [2.24, 2.45) is 11.8 Å². The number of pyridine rings is 1. The summed E-state index contributed by atoms with van der Waals surface area (Å²) in [5.41, 5.74) is 2.24. The van der Waals surface area contributed by atoms with Gasteiger partial charge in [0.1, 0.15) is 11.9 Å². The van der Waals surface area contributed by atoms with Gasteiger partial charge in [0.15, 0.2) is 0 Å². The number of para-hydroxylation sites is 2. The Balaban J connectivity index is 1.26. The number of ether oxygens (including phenoxy) is 1. The highest BCUT2D eigenvalue weighted by Gasteiger charge is 2.46. The van der Waals surface area contributed by atoms with Gasteiger partial charge in [-0.15, -0.1) is 0 Å². The van der Waals surface area contributed by atoms with E-state index in [4.69, 9.17) is 9.72 Å². The van der Waals surface area contributed by atoms with Crippen LogP contribution in [-0.4, -0.2) is 68.6 Å². The lowest BCUT2D eigenvalue weighted by Gasteiger charge is -2.39. The van der Waals surface area contributed by atoms with E-state index in [0.717, 1.165) is 63.2 Å². The fourth-order valence-electron chi connectivity index (χ4n) is 6.82. The molecule has 2 saturated heterocycles. The van der Waals surface area contributed by atoms with Gasteiger partial charge in [-0.25, -0.2) is 9.97 Å². The van der Waals surface area contributed by atoms with E-state index in [9.17, 15) is 4.79 Å². The van der Waals surface area contributed by atoms with E-state index in [2.05, 4.69) is 45.6 Å². The Labute approximate surface area is 207 Å². The highest BCUT2D eigenvalue weighted by atomic mass is 16.5. The molecule has 1 saturated carbocycles. The first kappa shape index (κ1) is 22.5. The third kappa shape index (κ3) is 4.31. The van der Waals surface area contributed by atoms with Crippen LogP contribution in [-0.2, 0) is 4.79 Å². The fourth-order valence-corrected chi connectivity index (χ4v) is 6.82. The third-order valence-electron chi connectivity index (χ3n) is 8.55. The van der Waals surface area contributed by atoms with E-state index in [1.807, 2.05) is 23.1 Å². The Morgan fingerprint density at radius 3 is 2.49 bits per heavy atom. The Bertz CT molecular complexity index is 1190. The monoisotopic (exact) mass is 473 g/mol. The molecular formula is C28H35N5O2. The molecule has 0 bridgehead atoms. The molecule has 0 N–H and O–H groups in total. The quantitative estimate of drug-likeness (QED) is 0.571. The maximum Gasteiger partial charge on any atom is 0.219 e. The SMILES string of the molecule is CC(=O)N1CCC(N2C[C@H]3C[C@H](Oc4ccccn4)[C@@H](n4c(C)nc5ccccc54)C[C@H]3C2)CC1. The summed E-state index contributed by atoms with van der Waals surface area (Å²) in [6, 6.07) is 15.1. The highest BCUT2D eigenvalue weighted by Crippen LogP contribution is 2.45. The van der Waals surface area contributed by atoms with E-state index in [1.165, 1.54) is 5.52 Å². The van der Waals surface area contributed by atoms with Crippen LogP contribution < -0.4 is 4.74 Å². The van der Waals surface area contributed by atoms with E-state index < -0.39 is 0 Å². The van der Waals surface area contributed by atoms with Crippen molar-refractivity contribution in [3.63, 3.8) is 0 Å². The predicted molar refractivity (Wildman–Crippen MR) is 135 cm³/mol. The molecule has 2 aromatic heterocycles. The van der Waals surface area contributed by atoms with Crippen molar-refractivity contribution in [1.29, 1.82) is 0 Å². The summed E-state index contributed by atoms with van der Waals surface area (Å²) in [5, 5.41) is 0. The molecule has 1 aliphatic carbocycles. The van der Waals surface area contributed by atoms with Crippen LogP contribution in [0, 0.1) is 18.8 Å². The van der Waals surface area contributed by atoms with E-state index in [0.29, 0.717) is 23.8 Å². The van der Waals surface area contributed by atoms with Crippen LogP contribution >= 0.6 is 0 Å². The molecule has 6 rings (SSSR count). The first-order chi connectivity index (χ1) is 17.1. The van der Waals surface area contributed by atoms with Gasteiger partial charge in [0.05, 0.1) is 17.1 Å². The largest absolute Gasteiger partial charge is 0.472 e. The van der Waals surface area contributed by atoms with Crippen molar-refractivity contribution in [2.45, 2.75) is 57.7 Å². The molecule has 4 heterocycles. The molecule has 0 unspecified atom stereocenters. The molecule has 0 radical (unpaired) electrons. The van der Waals surface area contributed by atoms with Gasteiger partial charge in [-0.3, -0.25) is 9.69 Å². The van der Waals surface area contributed by atoms with Crippen molar-refractivity contribution >= 4 is 16.9 Å². The standard InChI is InChI=1S/C28H35N5O2/c1-19-30-24-7-3-4-8-25(24)33(19)26-15-21-17-32(23-10-13-31(14-11-23)20(2)34)18-22(21)16-27(26)35-28-9-5-6-12-29-28/h3-9,12,21-23,26-27H,10-11,13-18H2,1-2H3/t21-,22+,26-,27-/m0/s1. The second-order valence-electron chi connectivity index (χ2n) is 10.6. The van der Waals surface area contributed by atoms with Crippen LogP contribution in [0.25, 0.3) is 11.0 Å². The van der Waals surface area contributed by atoms with Gasteiger partial charge in [0, 0.05) is 51.4 Å². The lowest BCUT2D eigenvalue weighted by atomic mass is 9.77. The van der Waals surface area contributed by atoms with Gasteiger partial charge in [-0.1, -0.05) is 18.2 Å². The molecule has 1 aromatic carbocycles. The average molecular weight is 474 g/mol. The molecule has 2 aliphatic heterocycles. The summed E-state index contributed by atoms with van der Waals surface area (Å²) in [6.07, 6.45) is 6.15. The van der Waals surface area contributed by atoms with Gasteiger partial charge in [-0.2, -0.15) is 0 Å². The minimum atomic E-state index is 0.0574. The third-order valence-corrected chi connectivity index (χ3v) is 8.55. The smallest absolute Gasteiger partial charge is 0.219 e. The van der Waals surface area contributed by atoms with E-state index in [1.54, 1.807) is 13.1 Å². The van der Waals surface area contributed by atoms with Gasteiger partial charge in [-0.05, 0) is 62.6 Å². The van der Waals surface area contributed by atoms with E-state index >= 15 is 0 Å². The lowest BCUT2D eigenvalue weighted by molar-refractivity contribution is -0.130. The second kappa shape index (κ2) is 9.26. The van der Waals surface area contributed by atoms with Crippen LogP contribution in [0.2, 0.25) is 0 Å². The van der Waals surface area contributed by atoms with Crippen LogP contribution in [0.15, 0.2) is 48.7 Å². The fraction of sp³-hybridized carbons (Fsp3) is 0.536. The Morgan fingerprint density at radius 1 is 1.00 bits per heavy atom. The molecule has 1 amide bonds. The maximum atomic E-state index is 11.8. The van der Waals surface area contributed by atoms with Gasteiger partial charge < -0.3 is 14.2 Å². The molecule has 3 fully saturated rings. The molecule has 184 valence electrons. The maximum absolute atomic E-state index is 11.8. The van der Waals surface area contributed by atoms with Crippen LogP contribution in [0.1, 0.15) is 44.5 Å². The van der Waals surface area contributed by atoms with Crippen molar-refractivity contribution in [2.75, 3.05) is 26.2 Å². The van der Waals surface area contributed by atoms with Gasteiger partial charge >= 0.3 is 0 Å². The zero-order valence-electron chi connectivity index (χ0n) is 20.7. The number of likely N-dealkylation sites (tertiary alicyclic amines) is 2. The van der Waals surface area contributed by atoms with Gasteiger partial charge in [0.25, 0.3) is 0 Å². The summed E-state index contributed by atoms with van der Waals surface area (Å²) in [5.74, 6) is 3.24. The van der Waals surface area contributed by atoms with Crippen LogP contribution in [0.3, 0.4) is 0 Å². The molecule has 3 aromatic rings. The number of fused-ring (bicyclic) bond motifs is 2. The van der Waals surface area contributed by atoms with E-state index in [-0.39, 0.29) is 18.1 Å². The summed E-state index contributed by atoms with van der Waals surface area (Å²) < 4.78 is 9.03. The summed E-state index contributed by atoms with van der Waals surface area (Å²) in [7, 11) is 0. The zero-order chi connectivity index (χ0) is 23.9. The summed E-state index contributed by atoms with van der Waals surface area (Å²) in [4.78, 5) is 25.8. The normalized spacial score (nSPS) is 27.8. The molecule has 7 nitrogen and oxygen atoms in total. The first-order valence-electron chi connectivity index (χ1n) is 13.1. The summed E-state index contributed by atoms with van der Waals surface area (Å²) in [6.45, 7) is 7.87. The predicted octanol–water partition coefficient (Wildman–Crippen LogP) is 4.08. The molecular weight excluding hydrogens is 438 g/mol. The topological polar surface area (TPSA) is 63.5 Å². The zero-order valence-corrected chi connectivity index (χ0v) is 20.7. The Kier molecular flexibility index (Phi) is 5.96. The number of nitrogens with zero attached hydrogens (tertiary/aromatic N) is 5. The number of carbonyl (C=O) groups is 1. The number of aryl methyl sites for hydroxylation is 1. The molecule has 4 atom stereocenters. The molecule has 3 aliphatic rings. The highest BCUT2D eigenvalue weighted by molar-refractivity contribution is 5.76. The van der Waals surface area contributed by atoms with Crippen molar-refractivity contribution in [3.8, 4) is 5.88 Å².